The maximum atomic E-state index is 12.8. The molecule has 0 saturated carbocycles. The molecule has 170 valence electrons. The van der Waals surface area contributed by atoms with Gasteiger partial charge in [-0.2, -0.15) is 13.2 Å². The number of ether oxygens (including phenoxy) is 2. The first kappa shape index (κ1) is 22.2. The van der Waals surface area contributed by atoms with Crippen molar-refractivity contribution in [3.8, 4) is 22.9 Å². The highest BCUT2D eigenvalue weighted by Crippen LogP contribution is 2.33. The van der Waals surface area contributed by atoms with Crippen molar-refractivity contribution in [2.75, 3.05) is 19.5 Å². The summed E-state index contributed by atoms with van der Waals surface area (Å²) in [6.45, 7) is 1.82. The molecular weight excluding hydrogens is 435 g/mol. The summed E-state index contributed by atoms with van der Waals surface area (Å²) < 4.78 is 48.9. The van der Waals surface area contributed by atoms with Gasteiger partial charge in [0.2, 0.25) is 0 Å². The van der Waals surface area contributed by atoms with E-state index in [9.17, 15) is 18.0 Å². The lowest BCUT2D eigenvalue weighted by Crippen LogP contribution is -2.13. The number of aromatic amines is 1. The largest absolute Gasteiger partial charge is 0.493 e. The average molecular weight is 455 g/mol. The van der Waals surface area contributed by atoms with Crippen LogP contribution in [0.4, 0.5) is 18.9 Å². The van der Waals surface area contributed by atoms with Crippen LogP contribution in [-0.4, -0.2) is 30.1 Å². The van der Waals surface area contributed by atoms with Crippen LogP contribution >= 0.6 is 0 Å². The lowest BCUT2D eigenvalue weighted by Gasteiger charge is -2.11. The van der Waals surface area contributed by atoms with E-state index in [1.54, 1.807) is 32.4 Å². The number of carbonyl (C=O) groups is 1. The van der Waals surface area contributed by atoms with Crippen LogP contribution < -0.4 is 14.8 Å². The zero-order valence-corrected chi connectivity index (χ0v) is 18.0. The summed E-state index contributed by atoms with van der Waals surface area (Å²) in [4.78, 5) is 20.4. The predicted octanol–water partition coefficient (Wildman–Crippen LogP) is 5.83. The fourth-order valence-corrected chi connectivity index (χ4v) is 3.38. The number of benzene rings is 3. The second-order valence-corrected chi connectivity index (χ2v) is 7.37. The highest BCUT2D eigenvalue weighted by molar-refractivity contribution is 6.05. The third-order valence-electron chi connectivity index (χ3n) is 5.22. The summed E-state index contributed by atoms with van der Waals surface area (Å²) in [5, 5.41) is 2.76. The number of hydrogen-bond donors (Lipinski definition) is 2. The number of amides is 1. The molecule has 33 heavy (non-hydrogen) atoms. The molecule has 9 heteroatoms. The number of methoxy groups -OCH3 is 2. The lowest BCUT2D eigenvalue weighted by atomic mass is 10.1. The van der Waals surface area contributed by atoms with E-state index >= 15 is 0 Å². The molecule has 0 radical (unpaired) electrons. The van der Waals surface area contributed by atoms with E-state index in [0.29, 0.717) is 28.5 Å². The Balaban J connectivity index is 1.62. The number of nitrogens with zero attached hydrogens (tertiary/aromatic N) is 1. The van der Waals surface area contributed by atoms with Crippen molar-refractivity contribution >= 4 is 22.6 Å². The third kappa shape index (κ3) is 4.48. The monoisotopic (exact) mass is 455 g/mol. The maximum absolute atomic E-state index is 12.8. The quantitative estimate of drug-likeness (QED) is 0.397. The number of hydrogen-bond acceptors (Lipinski definition) is 4. The normalized spacial score (nSPS) is 11.5. The molecule has 0 unspecified atom stereocenters. The van der Waals surface area contributed by atoms with E-state index in [0.717, 1.165) is 40.9 Å². The van der Waals surface area contributed by atoms with Crippen molar-refractivity contribution in [3.05, 3.63) is 71.3 Å². The molecule has 0 spiro atoms. The number of H-pyrrole nitrogens is 1. The highest BCUT2D eigenvalue weighted by Gasteiger charge is 2.30. The number of aromatic nitrogens is 2. The van der Waals surface area contributed by atoms with Crippen LogP contribution in [0, 0.1) is 6.92 Å². The van der Waals surface area contributed by atoms with E-state index in [-0.39, 0.29) is 5.56 Å². The minimum Gasteiger partial charge on any atom is -0.493 e. The molecule has 2 N–H and O–H groups in total. The Morgan fingerprint density at radius 3 is 2.27 bits per heavy atom. The van der Waals surface area contributed by atoms with Crippen LogP contribution in [-0.2, 0) is 6.18 Å². The fourth-order valence-electron chi connectivity index (χ4n) is 3.38. The second kappa shape index (κ2) is 8.50. The van der Waals surface area contributed by atoms with Gasteiger partial charge in [0.1, 0.15) is 5.82 Å². The van der Waals surface area contributed by atoms with Gasteiger partial charge >= 0.3 is 6.18 Å². The molecule has 1 amide bonds. The van der Waals surface area contributed by atoms with Crippen molar-refractivity contribution in [3.63, 3.8) is 0 Å². The molecule has 0 aliphatic rings. The molecule has 1 heterocycles. The van der Waals surface area contributed by atoms with Crippen LogP contribution in [0.25, 0.3) is 22.4 Å². The zero-order valence-electron chi connectivity index (χ0n) is 18.0. The summed E-state index contributed by atoms with van der Waals surface area (Å²) in [6, 6.07) is 13.0. The van der Waals surface area contributed by atoms with Gasteiger partial charge in [0.25, 0.3) is 5.91 Å². The molecular formula is C24H20F3N3O3. The third-order valence-corrected chi connectivity index (χ3v) is 5.22. The summed E-state index contributed by atoms with van der Waals surface area (Å²) in [7, 11) is 3.09. The van der Waals surface area contributed by atoms with Crippen molar-refractivity contribution in [1.82, 2.24) is 9.97 Å². The number of carbonyl (C=O) groups excluding carboxylic acids is 1. The smallest absolute Gasteiger partial charge is 0.416 e. The topological polar surface area (TPSA) is 76.2 Å². The standard InChI is InChI=1S/C24H20F3N3O3/c1-13-4-5-15(22-28-18-11-20(32-2)21(33-3)12-19(18)29-22)10-17(13)30-23(31)14-6-8-16(9-7-14)24(25,26)27/h4-12H,1-3H3,(H,28,29)(H,30,31). The molecule has 3 aromatic carbocycles. The lowest BCUT2D eigenvalue weighted by molar-refractivity contribution is -0.137. The molecule has 4 rings (SSSR count). The summed E-state index contributed by atoms with van der Waals surface area (Å²) in [5.74, 6) is 1.18. The molecule has 0 aliphatic heterocycles. The number of rotatable bonds is 5. The van der Waals surface area contributed by atoms with Crippen LogP contribution in [0.2, 0.25) is 0 Å². The van der Waals surface area contributed by atoms with Crippen LogP contribution in [0.3, 0.4) is 0 Å². The molecule has 6 nitrogen and oxygen atoms in total. The fraction of sp³-hybridized carbons (Fsp3) is 0.167. The number of aryl methyl sites for hydroxylation is 1. The molecule has 0 aliphatic carbocycles. The summed E-state index contributed by atoms with van der Waals surface area (Å²) >= 11 is 0. The van der Waals surface area contributed by atoms with Gasteiger partial charge in [0, 0.05) is 28.9 Å². The summed E-state index contributed by atoms with van der Waals surface area (Å²) in [6.07, 6.45) is -4.46. The van der Waals surface area contributed by atoms with E-state index < -0.39 is 17.6 Å². The van der Waals surface area contributed by atoms with Crippen LogP contribution in [0.1, 0.15) is 21.5 Å². The number of fused-ring (bicyclic) bond motifs is 1. The first-order valence-electron chi connectivity index (χ1n) is 9.91. The van der Waals surface area contributed by atoms with Gasteiger partial charge in [-0.25, -0.2) is 4.98 Å². The number of alkyl halides is 3. The predicted molar refractivity (Wildman–Crippen MR) is 119 cm³/mol. The Morgan fingerprint density at radius 2 is 1.64 bits per heavy atom. The van der Waals surface area contributed by atoms with Gasteiger partial charge in [-0.3, -0.25) is 4.79 Å². The van der Waals surface area contributed by atoms with Crippen molar-refractivity contribution in [1.29, 1.82) is 0 Å². The summed E-state index contributed by atoms with van der Waals surface area (Å²) in [5.41, 5.74) is 2.77. The van der Waals surface area contributed by atoms with Gasteiger partial charge < -0.3 is 19.8 Å². The number of anilines is 1. The molecule has 0 bridgehead atoms. The number of nitrogens with one attached hydrogen (secondary N) is 2. The molecule has 1 aromatic heterocycles. The van der Waals surface area contributed by atoms with Gasteiger partial charge in [0.05, 0.1) is 30.8 Å². The van der Waals surface area contributed by atoms with E-state index in [4.69, 9.17) is 9.47 Å². The van der Waals surface area contributed by atoms with Gasteiger partial charge in [-0.1, -0.05) is 12.1 Å². The Hall–Kier alpha value is -4.01. The molecule has 0 fully saturated rings. The van der Waals surface area contributed by atoms with Crippen LogP contribution in [0.5, 0.6) is 11.5 Å². The zero-order chi connectivity index (χ0) is 23.8. The second-order valence-electron chi connectivity index (χ2n) is 7.37. The van der Waals surface area contributed by atoms with Crippen molar-refractivity contribution in [2.45, 2.75) is 13.1 Å². The Labute approximate surface area is 187 Å². The van der Waals surface area contributed by atoms with E-state index in [1.807, 2.05) is 19.1 Å². The molecule has 0 atom stereocenters. The van der Waals surface area contributed by atoms with Gasteiger partial charge in [-0.15, -0.1) is 0 Å². The maximum Gasteiger partial charge on any atom is 0.416 e. The number of halogens is 3. The minimum absolute atomic E-state index is 0.121. The molecule has 4 aromatic rings. The Bertz CT molecular complexity index is 1290. The SMILES string of the molecule is COc1cc2nc(-c3ccc(C)c(NC(=O)c4ccc(C(F)(F)F)cc4)c3)[nH]c2cc1OC. The van der Waals surface area contributed by atoms with E-state index in [1.165, 1.54) is 0 Å². The minimum atomic E-state index is -4.46. The average Bonchev–Trinajstić information content (AvgIpc) is 3.21. The van der Waals surface area contributed by atoms with Crippen molar-refractivity contribution in [2.24, 2.45) is 0 Å². The number of imidazole rings is 1. The van der Waals surface area contributed by atoms with Crippen molar-refractivity contribution < 1.29 is 27.4 Å². The van der Waals surface area contributed by atoms with E-state index in [2.05, 4.69) is 15.3 Å². The highest BCUT2D eigenvalue weighted by atomic mass is 19.4. The van der Waals surface area contributed by atoms with Gasteiger partial charge in [0.15, 0.2) is 11.5 Å². The Kier molecular flexibility index (Phi) is 5.71. The first-order chi connectivity index (χ1) is 15.7. The van der Waals surface area contributed by atoms with Crippen LogP contribution in [0.15, 0.2) is 54.6 Å². The first-order valence-corrected chi connectivity index (χ1v) is 9.91. The Morgan fingerprint density at radius 1 is 0.970 bits per heavy atom. The molecule has 0 saturated heterocycles. The van der Waals surface area contributed by atoms with Gasteiger partial charge in [-0.05, 0) is 42.8 Å².